The Hall–Kier alpha value is -7.73. The van der Waals surface area contributed by atoms with Gasteiger partial charge in [-0.05, 0) is 35.4 Å². The standard InChI is InChI=1S/C49H29N7S/c50-30-31-12-10-19-37(28-31)32-22-24-36(25-23-32)47-51-44(33-13-4-1-5-14-33)53-48(54-47)38-26-27-39-42(29-38)57-41-21-11-20-40(43(39)41)49-55-45(34-15-6-2-7-16-34)52-46(56-49)35-17-8-3-9-18-35/h1-29H. The lowest BCUT2D eigenvalue weighted by atomic mass is 10.0. The van der Waals surface area contributed by atoms with E-state index in [4.69, 9.17) is 29.9 Å². The van der Waals surface area contributed by atoms with Crippen LogP contribution in [0.1, 0.15) is 5.56 Å². The molecular formula is C49H29N7S. The quantitative estimate of drug-likeness (QED) is 0.160. The predicted molar refractivity (Wildman–Crippen MR) is 229 cm³/mol. The molecule has 10 aromatic rings. The van der Waals surface area contributed by atoms with Crippen molar-refractivity contribution < 1.29 is 0 Å². The summed E-state index contributed by atoms with van der Waals surface area (Å²) in [5.41, 5.74) is 8.07. The van der Waals surface area contributed by atoms with Gasteiger partial charge in [0.2, 0.25) is 0 Å². The molecule has 0 fully saturated rings. The van der Waals surface area contributed by atoms with Gasteiger partial charge in [0.05, 0.1) is 11.6 Å². The van der Waals surface area contributed by atoms with Gasteiger partial charge in [-0.15, -0.1) is 11.3 Å². The highest BCUT2D eigenvalue weighted by molar-refractivity contribution is 7.26. The van der Waals surface area contributed by atoms with E-state index in [-0.39, 0.29) is 0 Å². The predicted octanol–water partition coefficient (Wildman–Crippen LogP) is 12.0. The first-order valence-corrected chi connectivity index (χ1v) is 19.2. The first-order valence-electron chi connectivity index (χ1n) is 18.4. The highest BCUT2D eigenvalue weighted by Gasteiger charge is 2.19. The molecular weight excluding hydrogens is 719 g/mol. The van der Waals surface area contributed by atoms with Crippen molar-refractivity contribution in [1.82, 2.24) is 29.9 Å². The maximum absolute atomic E-state index is 9.41. The number of rotatable bonds is 7. The van der Waals surface area contributed by atoms with Crippen LogP contribution in [0, 0.1) is 11.3 Å². The van der Waals surface area contributed by atoms with Gasteiger partial charge in [-0.3, -0.25) is 0 Å². The van der Waals surface area contributed by atoms with Crippen LogP contribution in [-0.2, 0) is 0 Å². The van der Waals surface area contributed by atoms with Crippen LogP contribution in [0.15, 0.2) is 176 Å². The Kier molecular flexibility index (Phi) is 8.60. The summed E-state index contributed by atoms with van der Waals surface area (Å²) < 4.78 is 2.23. The highest BCUT2D eigenvalue weighted by atomic mass is 32.1. The maximum atomic E-state index is 9.41. The van der Waals surface area contributed by atoms with Crippen LogP contribution in [0.5, 0.6) is 0 Å². The first kappa shape index (κ1) is 33.8. The molecule has 3 aromatic heterocycles. The van der Waals surface area contributed by atoms with Gasteiger partial charge in [-0.1, -0.05) is 152 Å². The fourth-order valence-corrected chi connectivity index (χ4v) is 8.18. The number of nitrogens with zero attached hydrogens (tertiary/aromatic N) is 7. The number of fused-ring (bicyclic) bond motifs is 3. The number of hydrogen-bond acceptors (Lipinski definition) is 8. The third-order valence-corrected chi connectivity index (χ3v) is 10.9. The minimum Gasteiger partial charge on any atom is -0.208 e. The zero-order valence-electron chi connectivity index (χ0n) is 30.3. The van der Waals surface area contributed by atoms with Gasteiger partial charge in [-0.25, -0.2) is 29.9 Å². The van der Waals surface area contributed by atoms with E-state index in [0.717, 1.165) is 64.7 Å². The van der Waals surface area contributed by atoms with Crippen LogP contribution >= 0.6 is 11.3 Å². The van der Waals surface area contributed by atoms with Crippen molar-refractivity contribution in [3.05, 3.63) is 181 Å². The third kappa shape index (κ3) is 6.59. The Morgan fingerprint density at radius 3 is 1.37 bits per heavy atom. The number of nitriles is 1. The van der Waals surface area contributed by atoms with Gasteiger partial charge in [0.1, 0.15) is 0 Å². The lowest BCUT2D eigenvalue weighted by molar-refractivity contribution is 1.07. The molecule has 0 aliphatic heterocycles. The van der Waals surface area contributed by atoms with E-state index < -0.39 is 0 Å². The van der Waals surface area contributed by atoms with Crippen molar-refractivity contribution >= 4 is 31.5 Å². The average molecular weight is 748 g/mol. The summed E-state index contributed by atoms with van der Waals surface area (Å²) in [4.78, 5) is 30.0. The minimum absolute atomic E-state index is 0.577. The van der Waals surface area contributed by atoms with Crippen molar-refractivity contribution in [2.75, 3.05) is 0 Å². The van der Waals surface area contributed by atoms with Crippen molar-refractivity contribution in [2.24, 2.45) is 0 Å². The van der Waals surface area contributed by atoms with E-state index in [1.807, 2.05) is 140 Å². The smallest absolute Gasteiger partial charge is 0.164 e. The molecule has 0 aliphatic rings. The summed E-state index contributed by atoms with van der Waals surface area (Å²) in [6.07, 6.45) is 0. The number of hydrogen-bond donors (Lipinski definition) is 0. The SMILES string of the molecule is N#Cc1cccc(-c2ccc(-c3nc(-c4ccccc4)nc(-c4ccc5c(c4)sc4cccc(-c6nc(-c7ccccc7)nc(-c7ccccc7)n6)c45)n3)cc2)c1. The van der Waals surface area contributed by atoms with Crippen LogP contribution in [0.2, 0.25) is 0 Å². The monoisotopic (exact) mass is 747 g/mol. The summed E-state index contributed by atoms with van der Waals surface area (Å²) in [5.74, 6) is 3.63. The van der Waals surface area contributed by atoms with E-state index in [9.17, 15) is 5.26 Å². The Morgan fingerprint density at radius 2 is 0.807 bits per heavy atom. The Bertz CT molecular complexity index is 3060. The van der Waals surface area contributed by atoms with E-state index in [0.29, 0.717) is 40.5 Å². The zero-order chi connectivity index (χ0) is 38.1. The Morgan fingerprint density at radius 1 is 0.351 bits per heavy atom. The van der Waals surface area contributed by atoms with Crippen molar-refractivity contribution in [1.29, 1.82) is 5.26 Å². The molecule has 0 saturated carbocycles. The molecule has 10 rings (SSSR count). The highest BCUT2D eigenvalue weighted by Crippen LogP contribution is 2.41. The average Bonchev–Trinajstić information content (AvgIpc) is 3.68. The summed E-state index contributed by atoms with van der Waals surface area (Å²) in [5, 5.41) is 11.6. The molecule has 57 heavy (non-hydrogen) atoms. The molecule has 0 amide bonds. The molecule has 8 heteroatoms. The van der Waals surface area contributed by atoms with Gasteiger partial charge in [0.25, 0.3) is 0 Å². The Balaban J connectivity index is 1.08. The van der Waals surface area contributed by atoms with Crippen LogP contribution in [0.3, 0.4) is 0 Å². The summed E-state index contributed by atoms with van der Waals surface area (Å²) >= 11 is 1.72. The molecule has 0 bridgehead atoms. The number of benzene rings is 7. The largest absolute Gasteiger partial charge is 0.208 e. The van der Waals surface area contributed by atoms with Crippen molar-refractivity contribution in [3.63, 3.8) is 0 Å². The third-order valence-electron chi connectivity index (χ3n) is 9.83. The molecule has 0 spiro atoms. The topological polar surface area (TPSA) is 101 Å². The summed E-state index contributed by atoms with van der Waals surface area (Å²) in [7, 11) is 0. The van der Waals surface area contributed by atoms with Gasteiger partial charge < -0.3 is 0 Å². The molecule has 0 N–H and O–H groups in total. The fraction of sp³-hybridized carbons (Fsp3) is 0. The van der Waals surface area contributed by atoms with Crippen LogP contribution < -0.4 is 0 Å². The lowest BCUT2D eigenvalue weighted by Gasteiger charge is -2.10. The lowest BCUT2D eigenvalue weighted by Crippen LogP contribution is -2.00. The molecule has 0 atom stereocenters. The molecule has 0 aliphatic carbocycles. The van der Waals surface area contributed by atoms with E-state index in [2.05, 4.69) is 42.5 Å². The van der Waals surface area contributed by atoms with Crippen molar-refractivity contribution in [3.8, 4) is 85.5 Å². The molecule has 7 aromatic carbocycles. The van der Waals surface area contributed by atoms with Gasteiger partial charge >= 0.3 is 0 Å². The molecule has 266 valence electrons. The maximum Gasteiger partial charge on any atom is 0.164 e. The van der Waals surface area contributed by atoms with Crippen LogP contribution in [-0.4, -0.2) is 29.9 Å². The molecule has 7 nitrogen and oxygen atoms in total. The van der Waals surface area contributed by atoms with Crippen LogP contribution in [0.4, 0.5) is 0 Å². The minimum atomic E-state index is 0.577. The van der Waals surface area contributed by atoms with Gasteiger partial charge in [0, 0.05) is 53.6 Å². The Labute approximate surface area is 332 Å². The van der Waals surface area contributed by atoms with Gasteiger partial charge in [-0.2, -0.15) is 5.26 Å². The zero-order valence-corrected chi connectivity index (χ0v) is 31.1. The number of aromatic nitrogens is 6. The normalized spacial score (nSPS) is 11.1. The second-order valence-corrected chi connectivity index (χ2v) is 14.6. The molecule has 0 unspecified atom stereocenters. The van der Waals surface area contributed by atoms with Gasteiger partial charge in [0.15, 0.2) is 34.9 Å². The molecule has 3 heterocycles. The molecule has 0 saturated heterocycles. The van der Waals surface area contributed by atoms with Crippen molar-refractivity contribution in [2.45, 2.75) is 0 Å². The second kappa shape index (κ2) is 14.5. The molecule has 0 radical (unpaired) electrons. The second-order valence-electron chi connectivity index (χ2n) is 13.5. The number of thiophene rings is 1. The fourth-order valence-electron chi connectivity index (χ4n) is 7.01. The summed E-state index contributed by atoms with van der Waals surface area (Å²) in [6, 6.07) is 60.7. The van der Waals surface area contributed by atoms with E-state index >= 15 is 0 Å². The van der Waals surface area contributed by atoms with E-state index in [1.165, 1.54) is 0 Å². The van der Waals surface area contributed by atoms with Crippen LogP contribution in [0.25, 0.3) is 99.6 Å². The first-order chi connectivity index (χ1) is 28.2. The van der Waals surface area contributed by atoms with E-state index in [1.54, 1.807) is 11.3 Å². The summed E-state index contributed by atoms with van der Waals surface area (Å²) in [6.45, 7) is 0.